The first kappa shape index (κ1) is 17.8. The summed E-state index contributed by atoms with van der Waals surface area (Å²) in [5.74, 6) is -0.0257. The largest absolute Gasteiger partial charge is 0.351 e. The van der Waals surface area contributed by atoms with Crippen LogP contribution in [0.25, 0.3) is 10.2 Å². The summed E-state index contributed by atoms with van der Waals surface area (Å²) in [5, 5.41) is 5.00. The van der Waals surface area contributed by atoms with Crippen LogP contribution in [0.4, 0.5) is 5.13 Å². The molecule has 0 saturated carbocycles. The number of hydrogen-bond acceptors (Lipinski definition) is 6. The Bertz CT molecular complexity index is 890. The van der Waals surface area contributed by atoms with Crippen molar-refractivity contribution in [2.24, 2.45) is 0 Å². The van der Waals surface area contributed by atoms with Gasteiger partial charge in [0.25, 0.3) is 5.91 Å². The minimum absolute atomic E-state index is 0.215. The molecule has 0 saturated heterocycles. The first-order valence-corrected chi connectivity index (χ1v) is 9.10. The fourth-order valence-corrected chi connectivity index (χ4v) is 3.73. The van der Waals surface area contributed by atoms with Crippen molar-refractivity contribution in [2.75, 3.05) is 32.1 Å². The number of benzene rings is 1. The molecule has 132 valence electrons. The minimum atomic E-state index is -0.241. The SMILES string of the molecule is Cc1cc(C(=O)N(CCCN(C)C)c2nc3c(Cl)cccc3s2)on1. The third-order valence-electron chi connectivity index (χ3n) is 3.66. The summed E-state index contributed by atoms with van der Waals surface area (Å²) in [5.41, 5.74) is 1.38. The molecule has 0 aliphatic carbocycles. The molecule has 25 heavy (non-hydrogen) atoms. The molecule has 0 aliphatic heterocycles. The lowest BCUT2D eigenvalue weighted by Gasteiger charge is -2.19. The molecule has 0 fully saturated rings. The second-order valence-corrected chi connectivity index (χ2v) is 7.45. The van der Waals surface area contributed by atoms with Gasteiger partial charge in [-0.15, -0.1) is 0 Å². The Morgan fingerprint density at radius 1 is 1.32 bits per heavy atom. The molecule has 0 aliphatic rings. The fraction of sp³-hybridized carbons (Fsp3) is 0.353. The Labute approximate surface area is 155 Å². The normalized spacial score (nSPS) is 11.4. The van der Waals surface area contributed by atoms with E-state index < -0.39 is 0 Å². The highest BCUT2D eigenvalue weighted by Gasteiger charge is 2.24. The van der Waals surface area contributed by atoms with Gasteiger partial charge in [-0.25, -0.2) is 4.98 Å². The topological polar surface area (TPSA) is 62.5 Å². The molecule has 0 spiro atoms. The predicted octanol–water partition coefficient (Wildman–Crippen LogP) is 3.84. The van der Waals surface area contributed by atoms with Crippen LogP contribution in [-0.4, -0.2) is 48.1 Å². The van der Waals surface area contributed by atoms with Crippen LogP contribution < -0.4 is 4.90 Å². The van der Waals surface area contributed by atoms with E-state index in [1.807, 2.05) is 26.2 Å². The monoisotopic (exact) mass is 378 g/mol. The zero-order valence-electron chi connectivity index (χ0n) is 14.3. The number of halogens is 1. The summed E-state index contributed by atoms with van der Waals surface area (Å²) >= 11 is 7.67. The Hall–Kier alpha value is -1.96. The van der Waals surface area contributed by atoms with Crippen molar-refractivity contribution < 1.29 is 9.32 Å². The van der Waals surface area contributed by atoms with Crippen molar-refractivity contribution in [3.8, 4) is 0 Å². The Kier molecular flexibility index (Phi) is 5.36. The summed E-state index contributed by atoms with van der Waals surface area (Å²) in [7, 11) is 4.01. The van der Waals surface area contributed by atoms with Gasteiger partial charge in [0.05, 0.1) is 15.4 Å². The minimum Gasteiger partial charge on any atom is -0.351 e. The van der Waals surface area contributed by atoms with Crippen LogP contribution in [0.2, 0.25) is 5.02 Å². The molecule has 8 heteroatoms. The van der Waals surface area contributed by atoms with Crippen LogP contribution in [-0.2, 0) is 0 Å². The third kappa shape index (κ3) is 4.00. The van der Waals surface area contributed by atoms with E-state index in [1.165, 1.54) is 11.3 Å². The molecule has 0 bridgehead atoms. The standard InChI is InChI=1S/C17H19ClN4O2S/c1-11-10-13(24-20-11)16(23)22(9-5-8-21(2)3)17-19-15-12(18)6-4-7-14(15)25-17/h4,6-7,10H,5,8-9H2,1-3H3. The smallest absolute Gasteiger partial charge is 0.298 e. The lowest BCUT2D eigenvalue weighted by molar-refractivity contribution is 0.0950. The molecule has 2 heterocycles. The fourth-order valence-electron chi connectivity index (χ4n) is 2.45. The van der Waals surface area contributed by atoms with Gasteiger partial charge in [-0.2, -0.15) is 0 Å². The number of para-hydroxylation sites is 1. The highest BCUT2D eigenvalue weighted by molar-refractivity contribution is 7.22. The molecule has 0 atom stereocenters. The molecule has 0 radical (unpaired) electrons. The summed E-state index contributed by atoms with van der Waals surface area (Å²) in [4.78, 5) is 21.2. The van der Waals surface area contributed by atoms with Gasteiger partial charge in [0.15, 0.2) is 5.13 Å². The molecule has 3 rings (SSSR count). The number of carbonyl (C=O) groups is 1. The zero-order valence-corrected chi connectivity index (χ0v) is 15.9. The van der Waals surface area contributed by atoms with Crippen LogP contribution in [0.3, 0.4) is 0 Å². The van der Waals surface area contributed by atoms with E-state index in [0.717, 1.165) is 17.7 Å². The van der Waals surface area contributed by atoms with E-state index in [2.05, 4.69) is 15.0 Å². The molecule has 1 amide bonds. The summed E-state index contributed by atoms with van der Waals surface area (Å²) in [6.07, 6.45) is 0.815. The average molecular weight is 379 g/mol. The Morgan fingerprint density at radius 3 is 2.76 bits per heavy atom. The van der Waals surface area contributed by atoms with Gasteiger partial charge in [-0.05, 0) is 46.1 Å². The van der Waals surface area contributed by atoms with Gasteiger partial charge in [-0.1, -0.05) is 34.2 Å². The molecule has 0 unspecified atom stereocenters. The van der Waals surface area contributed by atoms with E-state index in [4.69, 9.17) is 16.1 Å². The molecule has 3 aromatic rings. The Balaban J connectivity index is 1.93. The number of aromatic nitrogens is 2. The lowest BCUT2D eigenvalue weighted by Crippen LogP contribution is -2.33. The van der Waals surface area contributed by atoms with Gasteiger partial charge in [-0.3, -0.25) is 9.69 Å². The van der Waals surface area contributed by atoms with Crippen LogP contribution in [0, 0.1) is 6.92 Å². The molecule has 1 aromatic carbocycles. The summed E-state index contributed by atoms with van der Waals surface area (Å²) in [6.45, 7) is 3.19. The van der Waals surface area contributed by atoms with E-state index in [1.54, 1.807) is 24.0 Å². The number of nitrogens with zero attached hydrogens (tertiary/aromatic N) is 4. The number of carbonyl (C=O) groups excluding carboxylic acids is 1. The van der Waals surface area contributed by atoms with Crippen LogP contribution >= 0.6 is 22.9 Å². The van der Waals surface area contributed by atoms with Crippen molar-refractivity contribution in [3.63, 3.8) is 0 Å². The summed E-state index contributed by atoms with van der Waals surface area (Å²) < 4.78 is 6.10. The quantitative estimate of drug-likeness (QED) is 0.652. The Morgan fingerprint density at radius 2 is 2.12 bits per heavy atom. The van der Waals surface area contributed by atoms with Crippen molar-refractivity contribution in [1.82, 2.24) is 15.0 Å². The molecule has 2 aromatic heterocycles. The van der Waals surface area contributed by atoms with Crippen molar-refractivity contribution >= 4 is 44.2 Å². The number of fused-ring (bicyclic) bond motifs is 1. The average Bonchev–Trinajstić information content (AvgIpc) is 3.18. The molecular weight excluding hydrogens is 360 g/mol. The van der Waals surface area contributed by atoms with Gasteiger partial charge in [0.1, 0.15) is 5.52 Å². The molecular formula is C17H19ClN4O2S. The van der Waals surface area contributed by atoms with Crippen molar-refractivity contribution in [3.05, 3.63) is 40.7 Å². The number of hydrogen-bond donors (Lipinski definition) is 0. The van der Waals surface area contributed by atoms with E-state index >= 15 is 0 Å². The zero-order chi connectivity index (χ0) is 18.0. The first-order chi connectivity index (χ1) is 12.0. The van der Waals surface area contributed by atoms with Crippen molar-refractivity contribution in [1.29, 1.82) is 0 Å². The molecule has 0 N–H and O–H groups in total. The first-order valence-electron chi connectivity index (χ1n) is 7.90. The van der Waals surface area contributed by atoms with Crippen LogP contribution in [0.15, 0.2) is 28.8 Å². The van der Waals surface area contributed by atoms with Crippen LogP contribution in [0.1, 0.15) is 22.7 Å². The third-order valence-corrected chi connectivity index (χ3v) is 5.01. The number of rotatable bonds is 6. The number of thiazole rings is 1. The maximum Gasteiger partial charge on any atom is 0.298 e. The number of amides is 1. The van der Waals surface area contributed by atoms with Gasteiger partial charge in [0, 0.05) is 12.6 Å². The summed E-state index contributed by atoms with van der Waals surface area (Å²) in [6, 6.07) is 7.26. The highest BCUT2D eigenvalue weighted by Crippen LogP contribution is 2.33. The molecule has 6 nitrogen and oxygen atoms in total. The van der Waals surface area contributed by atoms with E-state index in [0.29, 0.717) is 27.9 Å². The van der Waals surface area contributed by atoms with E-state index in [-0.39, 0.29) is 11.7 Å². The second kappa shape index (κ2) is 7.51. The predicted molar refractivity (Wildman–Crippen MR) is 101 cm³/mol. The van der Waals surface area contributed by atoms with Gasteiger partial charge < -0.3 is 9.42 Å². The van der Waals surface area contributed by atoms with Gasteiger partial charge >= 0.3 is 0 Å². The highest BCUT2D eigenvalue weighted by atomic mass is 35.5. The van der Waals surface area contributed by atoms with Crippen LogP contribution in [0.5, 0.6) is 0 Å². The maximum absolute atomic E-state index is 12.9. The van der Waals surface area contributed by atoms with Crippen molar-refractivity contribution in [2.45, 2.75) is 13.3 Å². The number of aryl methyl sites for hydroxylation is 1. The second-order valence-electron chi connectivity index (χ2n) is 6.03. The van der Waals surface area contributed by atoms with E-state index in [9.17, 15) is 4.79 Å². The lowest BCUT2D eigenvalue weighted by atomic mass is 10.3. The van der Waals surface area contributed by atoms with Gasteiger partial charge in [0.2, 0.25) is 5.76 Å². The maximum atomic E-state index is 12.9. The number of anilines is 1.